The monoisotopic (exact) mass is 430 g/mol. The first-order valence-corrected chi connectivity index (χ1v) is 10.00. The quantitative estimate of drug-likeness (QED) is 0.566. The number of benzene rings is 1. The van der Waals surface area contributed by atoms with E-state index in [0.717, 1.165) is 23.0 Å². The number of halogens is 2. The lowest BCUT2D eigenvalue weighted by atomic mass is 9.95. The Bertz CT molecular complexity index is 737. The molecule has 3 nitrogen and oxygen atoms in total. The third-order valence-electron chi connectivity index (χ3n) is 3.78. The van der Waals surface area contributed by atoms with Gasteiger partial charge in [0.25, 0.3) is 0 Å². The van der Waals surface area contributed by atoms with Crippen LogP contribution < -0.4 is 4.72 Å². The van der Waals surface area contributed by atoms with E-state index in [1.807, 2.05) is 6.07 Å². The molecule has 1 aromatic carbocycles. The highest BCUT2D eigenvalue weighted by molar-refractivity contribution is 9.10. The van der Waals surface area contributed by atoms with Gasteiger partial charge in [-0.1, -0.05) is 25.8 Å². The molecule has 140 valence electrons. The lowest BCUT2D eigenvalue weighted by Crippen LogP contribution is -2.24. The van der Waals surface area contributed by atoms with Gasteiger partial charge in [-0.3, -0.25) is 4.72 Å². The van der Waals surface area contributed by atoms with Crippen LogP contribution in [0, 0.1) is 11.2 Å². The molecule has 0 unspecified atom stereocenters. The molecule has 2 rings (SSSR count). The van der Waals surface area contributed by atoms with Crippen LogP contribution in [0.5, 0.6) is 0 Å². The summed E-state index contributed by atoms with van der Waals surface area (Å²) in [6.07, 6.45) is 2.13. The maximum absolute atomic E-state index is 14.1. The van der Waals surface area contributed by atoms with E-state index in [0.29, 0.717) is 17.6 Å². The van der Waals surface area contributed by atoms with Gasteiger partial charge in [0.15, 0.2) is 0 Å². The fourth-order valence-electron chi connectivity index (χ4n) is 2.86. The fraction of sp³-hybridized carbons (Fsp3) is 0.579. The zero-order valence-corrected chi connectivity index (χ0v) is 18.3. The molecule has 2 aromatic rings. The molecule has 0 aliphatic carbocycles. The summed E-state index contributed by atoms with van der Waals surface area (Å²) in [7, 11) is 1.72. The third-order valence-corrected chi connectivity index (χ3v) is 5.29. The largest absolute Gasteiger partial charge is 0.384 e. The number of aromatic nitrogens is 1. The maximum Gasteiger partial charge on any atom is 0.138 e. The number of fused-ring (bicyclic) bond motifs is 1. The van der Waals surface area contributed by atoms with Gasteiger partial charge in [0.2, 0.25) is 0 Å². The standard InChI is InChI=1S/C19H28BrFN2OS/c1-18(2,3)25-22-9-13-10-23(11-19(4,5)12-24-6)17-8-15(20)16(21)7-14(13)17/h7-8,10,22H,9,11-12H2,1-6H3. The van der Waals surface area contributed by atoms with E-state index in [4.69, 9.17) is 4.74 Å². The summed E-state index contributed by atoms with van der Waals surface area (Å²) in [6, 6.07) is 3.49. The zero-order chi connectivity index (χ0) is 18.8. The highest BCUT2D eigenvalue weighted by atomic mass is 79.9. The Hall–Kier alpha value is -0.560. The van der Waals surface area contributed by atoms with Gasteiger partial charge in [0.1, 0.15) is 5.82 Å². The van der Waals surface area contributed by atoms with E-state index >= 15 is 0 Å². The highest BCUT2D eigenvalue weighted by Gasteiger charge is 2.21. The van der Waals surface area contributed by atoms with Crippen LogP contribution >= 0.6 is 27.9 Å². The van der Waals surface area contributed by atoms with Crippen LogP contribution in [0.2, 0.25) is 0 Å². The molecule has 0 aliphatic heterocycles. The van der Waals surface area contributed by atoms with Crippen LogP contribution in [0.4, 0.5) is 4.39 Å². The van der Waals surface area contributed by atoms with Gasteiger partial charge < -0.3 is 9.30 Å². The molecule has 6 heteroatoms. The van der Waals surface area contributed by atoms with Gasteiger partial charge in [-0.05, 0) is 54.4 Å². The van der Waals surface area contributed by atoms with Crippen molar-refractivity contribution in [1.29, 1.82) is 0 Å². The molecule has 0 fully saturated rings. The Morgan fingerprint density at radius 2 is 1.92 bits per heavy atom. The predicted molar refractivity (Wildman–Crippen MR) is 109 cm³/mol. The molecule has 1 aromatic heterocycles. The fourth-order valence-corrected chi connectivity index (χ4v) is 3.85. The normalized spacial score (nSPS) is 13.0. The van der Waals surface area contributed by atoms with Gasteiger partial charge in [0, 0.05) is 47.5 Å². The summed E-state index contributed by atoms with van der Waals surface area (Å²) < 4.78 is 25.7. The number of hydrogen-bond acceptors (Lipinski definition) is 3. The molecular formula is C19H28BrFN2OS. The minimum absolute atomic E-state index is 0.00752. The second kappa shape index (κ2) is 7.99. The summed E-state index contributed by atoms with van der Waals surface area (Å²) in [5.74, 6) is -0.230. The SMILES string of the molecule is COCC(C)(C)Cn1cc(CNSC(C)(C)C)c2cc(F)c(Br)cc21. The lowest BCUT2D eigenvalue weighted by molar-refractivity contribution is 0.0928. The number of rotatable bonds is 7. The van der Waals surface area contributed by atoms with E-state index in [9.17, 15) is 4.39 Å². The van der Waals surface area contributed by atoms with Crippen molar-refractivity contribution in [3.8, 4) is 0 Å². The minimum atomic E-state index is -0.230. The lowest BCUT2D eigenvalue weighted by Gasteiger charge is -2.24. The first kappa shape index (κ1) is 20.7. The number of nitrogens with zero attached hydrogens (tertiary/aromatic N) is 1. The van der Waals surface area contributed by atoms with Crippen LogP contribution in [0.3, 0.4) is 0 Å². The molecule has 1 heterocycles. The number of methoxy groups -OCH3 is 1. The van der Waals surface area contributed by atoms with Crippen molar-refractivity contribution < 1.29 is 9.13 Å². The van der Waals surface area contributed by atoms with Crippen LogP contribution in [-0.4, -0.2) is 23.0 Å². The Kier molecular flexibility index (Phi) is 6.63. The van der Waals surface area contributed by atoms with Crippen LogP contribution in [-0.2, 0) is 17.8 Å². The van der Waals surface area contributed by atoms with Crippen LogP contribution in [0.15, 0.2) is 22.8 Å². The molecule has 0 aliphatic rings. The smallest absolute Gasteiger partial charge is 0.138 e. The summed E-state index contributed by atoms with van der Waals surface area (Å²) in [6.45, 7) is 13.0. The second-order valence-corrected chi connectivity index (χ2v) is 10.8. The molecule has 0 amide bonds. The number of hydrogen-bond donors (Lipinski definition) is 1. The van der Waals surface area contributed by atoms with E-state index in [-0.39, 0.29) is 16.0 Å². The van der Waals surface area contributed by atoms with Gasteiger partial charge in [-0.15, -0.1) is 0 Å². The van der Waals surface area contributed by atoms with E-state index in [2.05, 4.69) is 66.0 Å². The van der Waals surface area contributed by atoms with Crippen molar-refractivity contribution in [3.05, 3.63) is 34.2 Å². The molecule has 0 bridgehead atoms. The molecular weight excluding hydrogens is 403 g/mol. The highest BCUT2D eigenvalue weighted by Crippen LogP contribution is 2.31. The Morgan fingerprint density at radius 1 is 1.24 bits per heavy atom. The summed E-state index contributed by atoms with van der Waals surface area (Å²) in [4.78, 5) is 0. The molecule has 0 spiro atoms. The van der Waals surface area contributed by atoms with Crippen molar-refractivity contribution in [2.75, 3.05) is 13.7 Å². The van der Waals surface area contributed by atoms with Crippen LogP contribution in [0.25, 0.3) is 10.9 Å². The van der Waals surface area contributed by atoms with Gasteiger partial charge >= 0.3 is 0 Å². The predicted octanol–water partition coefficient (Wildman–Crippen LogP) is 5.75. The third kappa shape index (κ3) is 5.71. The molecule has 0 saturated carbocycles. The number of nitrogens with one attached hydrogen (secondary N) is 1. The van der Waals surface area contributed by atoms with Crippen molar-refractivity contribution in [1.82, 2.24) is 9.29 Å². The van der Waals surface area contributed by atoms with Crippen molar-refractivity contribution >= 4 is 38.8 Å². The average molecular weight is 431 g/mol. The van der Waals surface area contributed by atoms with E-state index in [1.165, 1.54) is 0 Å². The second-order valence-electron chi connectivity index (χ2n) is 8.20. The first-order valence-electron chi connectivity index (χ1n) is 8.39. The Morgan fingerprint density at radius 3 is 2.52 bits per heavy atom. The summed E-state index contributed by atoms with van der Waals surface area (Å²) in [5, 5.41) is 0.955. The van der Waals surface area contributed by atoms with Gasteiger partial charge in [-0.2, -0.15) is 0 Å². The maximum atomic E-state index is 14.1. The molecule has 0 radical (unpaired) electrons. The van der Waals surface area contributed by atoms with E-state index in [1.54, 1.807) is 25.1 Å². The van der Waals surface area contributed by atoms with Gasteiger partial charge in [-0.25, -0.2) is 4.39 Å². The summed E-state index contributed by atoms with van der Waals surface area (Å²) >= 11 is 5.01. The van der Waals surface area contributed by atoms with Crippen molar-refractivity contribution in [3.63, 3.8) is 0 Å². The minimum Gasteiger partial charge on any atom is -0.384 e. The molecule has 0 atom stereocenters. The van der Waals surface area contributed by atoms with Gasteiger partial charge in [0.05, 0.1) is 11.1 Å². The molecule has 25 heavy (non-hydrogen) atoms. The Labute approximate surface area is 163 Å². The van der Waals surface area contributed by atoms with E-state index < -0.39 is 0 Å². The summed E-state index contributed by atoms with van der Waals surface area (Å²) in [5.41, 5.74) is 2.13. The zero-order valence-electron chi connectivity index (χ0n) is 15.9. The first-order chi connectivity index (χ1) is 11.5. The number of ether oxygens (including phenoxy) is 1. The average Bonchev–Trinajstić information content (AvgIpc) is 2.75. The molecule has 1 N–H and O–H groups in total. The van der Waals surface area contributed by atoms with Crippen molar-refractivity contribution in [2.24, 2.45) is 5.41 Å². The molecule has 0 saturated heterocycles. The van der Waals surface area contributed by atoms with Crippen LogP contribution in [0.1, 0.15) is 40.2 Å². The topological polar surface area (TPSA) is 26.2 Å². The Balaban J connectivity index is 2.36. The van der Waals surface area contributed by atoms with Crippen molar-refractivity contribution in [2.45, 2.75) is 52.5 Å².